The topological polar surface area (TPSA) is 44.1 Å². The van der Waals surface area contributed by atoms with Crippen LogP contribution in [0.2, 0.25) is 0 Å². The maximum atomic E-state index is 12.2. The van der Waals surface area contributed by atoms with E-state index >= 15 is 0 Å². The predicted octanol–water partition coefficient (Wildman–Crippen LogP) is 2.57. The van der Waals surface area contributed by atoms with E-state index in [9.17, 15) is 4.79 Å². The fourth-order valence-corrected chi connectivity index (χ4v) is 1.89. The van der Waals surface area contributed by atoms with E-state index in [0.717, 1.165) is 32.4 Å². The minimum absolute atomic E-state index is 0.229. The zero-order valence-corrected chi connectivity index (χ0v) is 10.8. The molecule has 90 valence electrons. The van der Waals surface area contributed by atoms with Crippen LogP contribution in [0.15, 0.2) is 0 Å². The second kappa shape index (κ2) is 4.45. The molecular formula is C13H22N2O. The van der Waals surface area contributed by atoms with E-state index in [2.05, 4.69) is 6.07 Å². The Labute approximate surface area is 98.4 Å². The van der Waals surface area contributed by atoms with Gasteiger partial charge in [-0.3, -0.25) is 4.79 Å². The van der Waals surface area contributed by atoms with Crippen molar-refractivity contribution in [1.29, 1.82) is 5.26 Å². The summed E-state index contributed by atoms with van der Waals surface area (Å²) in [5.41, 5.74) is -0.493. The molecule has 3 heteroatoms. The molecule has 0 saturated carbocycles. The Balaban J connectivity index is 2.62. The van der Waals surface area contributed by atoms with Crippen LogP contribution in [0.25, 0.3) is 0 Å². The van der Waals surface area contributed by atoms with Gasteiger partial charge in [0.2, 0.25) is 5.91 Å². The lowest BCUT2D eigenvalue weighted by molar-refractivity contribution is -0.142. The van der Waals surface area contributed by atoms with Gasteiger partial charge < -0.3 is 4.90 Å². The zero-order valence-electron chi connectivity index (χ0n) is 10.8. The molecule has 1 aliphatic rings. The van der Waals surface area contributed by atoms with Crippen molar-refractivity contribution in [3.63, 3.8) is 0 Å². The van der Waals surface area contributed by atoms with Crippen LogP contribution in [0.4, 0.5) is 0 Å². The van der Waals surface area contributed by atoms with Gasteiger partial charge in [-0.2, -0.15) is 5.26 Å². The number of likely N-dealkylation sites (tertiary alicyclic amines) is 1. The van der Waals surface area contributed by atoms with Crippen molar-refractivity contribution in [2.45, 2.75) is 47.0 Å². The summed E-state index contributed by atoms with van der Waals surface area (Å²) in [7, 11) is 0. The Morgan fingerprint density at radius 2 is 1.94 bits per heavy atom. The van der Waals surface area contributed by atoms with E-state index in [4.69, 9.17) is 5.26 Å². The van der Waals surface area contributed by atoms with Crippen molar-refractivity contribution >= 4 is 5.91 Å². The van der Waals surface area contributed by atoms with Gasteiger partial charge in [-0.25, -0.2) is 0 Å². The first-order valence-electron chi connectivity index (χ1n) is 6.05. The lowest BCUT2D eigenvalue weighted by atomic mass is 9.80. The Morgan fingerprint density at radius 1 is 1.44 bits per heavy atom. The average molecular weight is 222 g/mol. The quantitative estimate of drug-likeness (QED) is 0.720. The smallest absolute Gasteiger partial charge is 0.228 e. The summed E-state index contributed by atoms with van der Waals surface area (Å²) in [5.74, 6) is 0.231. The number of amides is 1. The monoisotopic (exact) mass is 222 g/mol. The first-order chi connectivity index (χ1) is 7.34. The van der Waals surface area contributed by atoms with Crippen molar-refractivity contribution in [2.75, 3.05) is 13.1 Å². The highest BCUT2D eigenvalue weighted by molar-refractivity contribution is 5.82. The molecule has 1 rings (SSSR count). The Hall–Kier alpha value is -1.04. The van der Waals surface area contributed by atoms with Gasteiger partial charge in [-0.05, 0) is 26.2 Å². The molecule has 0 aromatic carbocycles. The van der Waals surface area contributed by atoms with Crippen LogP contribution in [0.3, 0.4) is 0 Å². The number of carbonyl (C=O) groups excluding carboxylic acids is 1. The molecule has 1 amide bonds. The summed E-state index contributed by atoms with van der Waals surface area (Å²) in [6.45, 7) is 9.47. The van der Waals surface area contributed by atoms with Crippen LogP contribution >= 0.6 is 0 Å². The first kappa shape index (κ1) is 13.0. The van der Waals surface area contributed by atoms with Gasteiger partial charge in [0, 0.05) is 18.5 Å². The third kappa shape index (κ3) is 2.55. The minimum Gasteiger partial charge on any atom is -0.342 e. The summed E-state index contributed by atoms with van der Waals surface area (Å²) in [5, 5.41) is 9.03. The van der Waals surface area contributed by atoms with Crippen LogP contribution in [0.1, 0.15) is 47.0 Å². The van der Waals surface area contributed by atoms with Crippen LogP contribution in [-0.4, -0.2) is 23.9 Å². The van der Waals surface area contributed by atoms with E-state index in [-0.39, 0.29) is 16.7 Å². The van der Waals surface area contributed by atoms with Crippen molar-refractivity contribution in [2.24, 2.45) is 10.8 Å². The fourth-order valence-electron chi connectivity index (χ4n) is 1.89. The van der Waals surface area contributed by atoms with Crippen molar-refractivity contribution < 1.29 is 4.79 Å². The second-order valence-electron chi connectivity index (χ2n) is 5.70. The van der Waals surface area contributed by atoms with Crippen LogP contribution in [-0.2, 0) is 4.79 Å². The van der Waals surface area contributed by atoms with E-state index < -0.39 is 0 Å². The highest BCUT2D eigenvalue weighted by atomic mass is 16.2. The summed E-state index contributed by atoms with van der Waals surface area (Å²) in [6.07, 6.45) is 2.46. The third-order valence-corrected chi connectivity index (χ3v) is 3.89. The average Bonchev–Trinajstić information content (AvgIpc) is 2.29. The summed E-state index contributed by atoms with van der Waals surface area (Å²) >= 11 is 0. The SMILES string of the molecule is CCC(C)(C)C(=O)N1CCC(C)(C#N)CC1. The highest BCUT2D eigenvalue weighted by Crippen LogP contribution is 2.32. The van der Waals surface area contributed by atoms with E-state index in [1.807, 2.05) is 32.6 Å². The number of piperidine rings is 1. The van der Waals surface area contributed by atoms with E-state index in [1.165, 1.54) is 0 Å². The lowest BCUT2D eigenvalue weighted by Crippen LogP contribution is -2.46. The van der Waals surface area contributed by atoms with Gasteiger partial charge >= 0.3 is 0 Å². The molecule has 0 unspecified atom stereocenters. The van der Waals surface area contributed by atoms with Crippen LogP contribution in [0, 0.1) is 22.2 Å². The van der Waals surface area contributed by atoms with Gasteiger partial charge in [0.15, 0.2) is 0 Å². The normalized spacial score (nSPS) is 20.3. The molecule has 16 heavy (non-hydrogen) atoms. The molecule has 0 aromatic heterocycles. The summed E-state index contributed by atoms with van der Waals surface area (Å²) in [6, 6.07) is 2.35. The standard InChI is InChI=1S/C13H22N2O/c1-5-12(2,3)11(16)15-8-6-13(4,10-14)7-9-15/h5-9H2,1-4H3. The first-order valence-corrected chi connectivity index (χ1v) is 6.05. The molecule has 1 heterocycles. The minimum atomic E-state index is -0.264. The molecule has 1 aliphatic heterocycles. The third-order valence-electron chi connectivity index (χ3n) is 3.89. The number of hydrogen-bond acceptors (Lipinski definition) is 2. The van der Waals surface area contributed by atoms with Gasteiger partial charge in [0.25, 0.3) is 0 Å². The number of rotatable bonds is 2. The number of nitrogens with zero attached hydrogens (tertiary/aromatic N) is 2. The zero-order chi connectivity index (χ0) is 12.4. The fraction of sp³-hybridized carbons (Fsp3) is 0.846. The molecule has 0 bridgehead atoms. The van der Waals surface area contributed by atoms with Crippen molar-refractivity contribution in [3.8, 4) is 6.07 Å². The maximum Gasteiger partial charge on any atom is 0.228 e. The van der Waals surface area contributed by atoms with Crippen LogP contribution in [0.5, 0.6) is 0 Å². The molecule has 3 nitrogen and oxygen atoms in total. The second-order valence-corrected chi connectivity index (χ2v) is 5.70. The molecule has 0 spiro atoms. The van der Waals surface area contributed by atoms with Gasteiger partial charge in [-0.1, -0.05) is 20.8 Å². The summed E-state index contributed by atoms with van der Waals surface area (Å²) < 4.78 is 0. The molecule has 1 saturated heterocycles. The summed E-state index contributed by atoms with van der Waals surface area (Å²) in [4.78, 5) is 14.1. The number of carbonyl (C=O) groups is 1. The molecule has 0 aliphatic carbocycles. The van der Waals surface area contributed by atoms with Gasteiger partial charge in [0.1, 0.15) is 0 Å². The number of hydrogen-bond donors (Lipinski definition) is 0. The molecule has 0 atom stereocenters. The molecule has 0 N–H and O–H groups in total. The molecule has 0 radical (unpaired) electrons. The Morgan fingerprint density at radius 3 is 2.31 bits per heavy atom. The Kier molecular flexibility index (Phi) is 3.62. The van der Waals surface area contributed by atoms with Crippen molar-refractivity contribution in [1.82, 2.24) is 4.90 Å². The van der Waals surface area contributed by atoms with Gasteiger partial charge in [-0.15, -0.1) is 0 Å². The molecule has 0 aromatic rings. The molecule has 1 fully saturated rings. The Bertz CT molecular complexity index is 306. The van der Waals surface area contributed by atoms with E-state index in [1.54, 1.807) is 0 Å². The number of nitriles is 1. The highest BCUT2D eigenvalue weighted by Gasteiger charge is 2.36. The lowest BCUT2D eigenvalue weighted by Gasteiger charge is -2.38. The van der Waals surface area contributed by atoms with Crippen molar-refractivity contribution in [3.05, 3.63) is 0 Å². The molecular weight excluding hydrogens is 200 g/mol. The van der Waals surface area contributed by atoms with Crippen LogP contribution < -0.4 is 0 Å². The van der Waals surface area contributed by atoms with Gasteiger partial charge in [0.05, 0.1) is 11.5 Å². The maximum absolute atomic E-state index is 12.2. The van der Waals surface area contributed by atoms with E-state index in [0.29, 0.717) is 0 Å². The predicted molar refractivity (Wildman–Crippen MR) is 63.6 cm³/mol. The largest absolute Gasteiger partial charge is 0.342 e.